The van der Waals surface area contributed by atoms with E-state index in [0.717, 1.165) is 15.8 Å². The van der Waals surface area contributed by atoms with Crippen LogP contribution >= 0.6 is 15.9 Å². The highest BCUT2D eigenvalue weighted by Gasteiger charge is 2.16. The van der Waals surface area contributed by atoms with Crippen molar-refractivity contribution in [3.05, 3.63) is 34.7 Å². The maximum atomic E-state index is 9.81. The molecule has 0 bridgehead atoms. The lowest BCUT2D eigenvalue weighted by molar-refractivity contribution is 0.0781. The number of halogens is 1. The number of hydrogen-bond acceptors (Lipinski definition) is 2. The van der Waals surface area contributed by atoms with Gasteiger partial charge in [-0.2, -0.15) is 0 Å². The molecule has 0 aromatic carbocycles. The largest absolute Gasteiger partial charge is 0.386 e. The van der Waals surface area contributed by atoms with E-state index in [2.05, 4.69) is 20.9 Å². The van der Waals surface area contributed by atoms with Crippen LogP contribution in [0.3, 0.4) is 0 Å². The summed E-state index contributed by atoms with van der Waals surface area (Å²) < 4.78 is 2.68. The zero-order valence-electron chi connectivity index (χ0n) is 8.03. The normalized spacial score (nSPS) is 12.3. The van der Waals surface area contributed by atoms with Crippen LogP contribution in [0.2, 0.25) is 0 Å². The third-order valence-corrected chi connectivity index (χ3v) is 2.51. The third-order valence-electron chi connectivity index (χ3n) is 2.13. The van der Waals surface area contributed by atoms with Crippen molar-refractivity contribution in [2.75, 3.05) is 0 Å². The van der Waals surface area contributed by atoms with Gasteiger partial charge in [0.2, 0.25) is 0 Å². The van der Waals surface area contributed by atoms with Gasteiger partial charge in [-0.15, -0.1) is 0 Å². The fourth-order valence-corrected chi connectivity index (χ4v) is 1.73. The third kappa shape index (κ3) is 1.67. The Bertz CT molecular complexity index is 470. The van der Waals surface area contributed by atoms with Crippen LogP contribution in [0.25, 0.3) is 5.65 Å². The van der Waals surface area contributed by atoms with Crippen LogP contribution in [-0.4, -0.2) is 14.5 Å². The highest BCUT2D eigenvalue weighted by atomic mass is 79.9. The number of aromatic nitrogens is 2. The van der Waals surface area contributed by atoms with E-state index in [-0.39, 0.29) is 0 Å². The van der Waals surface area contributed by atoms with Gasteiger partial charge in [0.25, 0.3) is 0 Å². The number of fused-ring (bicyclic) bond motifs is 1. The van der Waals surface area contributed by atoms with Crippen molar-refractivity contribution < 1.29 is 5.11 Å². The second kappa shape index (κ2) is 3.07. The molecule has 0 unspecified atom stereocenters. The summed E-state index contributed by atoms with van der Waals surface area (Å²) in [4.78, 5) is 4.23. The summed E-state index contributed by atoms with van der Waals surface area (Å²) in [6.45, 7) is 3.53. The van der Waals surface area contributed by atoms with Crippen LogP contribution in [0, 0.1) is 0 Å². The molecule has 0 aliphatic heterocycles. The molecular weight excluding hydrogens is 244 g/mol. The maximum absolute atomic E-state index is 9.81. The Hall–Kier alpha value is -0.870. The molecule has 3 nitrogen and oxygen atoms in total. The molecule has 0 fully saturated rings. The molecule has 0 saturated heterocycles. The van der Waals surface area contributed by atoms with Gasteiger partial charge in [0.05, 0.1) is 5.60 Å². The zero-order chi connectivity index (χ0) is 10.3. The van der Waals surface area contributed by atoms with Crippen molar-refractivity contribution in [1.29, 1.82) is 0 Å². The molecule has 0 amide bonds. The molecule has 0 saturated carbocycles. The minimum atomic E-state index is -0.815. The van der Waals surface area contributed by atoms with Crippen molar-refractivity contribution in [1.82, 2.24) is 9.38 Å². The molecule has 1 N–H and O–H groups in total. The summed E-state index contributed by atoms with van der Waals surface area (Å²) >= 11 is 3.31. The highest BCUT2D eigenvalue weighted by molar-refractivity contribution is 9.10. The van der Waals surface area contributed by atoms with Gasteiger partial charge in [0.15, 0.2) is 0 Å². The first kappa shape index (κ1) is 9.68. The SMILES string of the molecule is CC(C)(O)c1ccc2nc(Br)cn2c1. The minimum Gasteiger partial charge on any atom is -0.386 e. The Morgan fingerprint density at radius 2 is 2.07 bits per heavy atom. The molecule has 2 aromatic heterocycles. The van der Waals surface area contributed by atoms with Crippen molar-refractivity contribution in [3.63, 3.8) is 0 Å². The molecule has 0 radical (unpaired) electrons. The predicted octanol–water partition coefficient (Wildman–Crippen LogP) is 2.32. The summed E-state index contributed by atoms with van der Waals surface area (Å²) in [6.07, 6.45) is 3.75. The number of pyridine rings is 1. The smallest absolute Gasteiger partial charge is 0.138 e. The summed E-state index contributed by atoms with van der Waals surface area (Å²) in [6, 6.07) is 3.77. The van der Waals surface area contributed by atoms with Crippen molar-refractivity contribution in [2.45, 2.75) is 19.4 Å². The number of imidazole rings is 1. The quantitative estimate of drug-likeness (QED) is 0.849. The zero-order valence-corrected chi connectivity index (χ0v) is 9.62. The van der Waals surface area contributed by atoms with Gasteiger partial charge in [-0.1, -0.05) is 6.07 Å². The maximum Gasteiger partial charge on any atom is 0.138 e. The lowest BCUT2D eigenvalue weighted by Gasteiger charge is -2.17. The number of hydrogen-bond donors (Lipinski definition) is 1. The lowest BCUT2D eigenvalue weighted by atomic mass is 10.0. The Kier molecular flexibility index (Phi) is 2.12. The van der Waals surface area contributed by atoms with Gasteiger partial charge >= 0.3 is 0 Å². The van der Waals surface area contributed by atoms with Gasteiger partial charge in [-0.05, 0) is 41.4 Å². The standard InChI is InChI=1S/C10H11BrN2O/c1-10(2,14)7-3-4-9-12-8(11)6-13(9)5-7/h3-6,14H,1-2H3. The topological polar surface area (TPSA) is 37.5 Å². The summed E-state index contributed by atoms with van der Waals surface area (Å²) in [7, 11) is 0. The van der Waals surface area contributed by atoms with Crippen molar-refractivity contribution in [3.8, 4) is 0 Å². The van der Waals surface area contributed by atoms with Crippen molar-refractivity contribution in [2.24, 2.45) is 0 Å². The number of rotatable bonds is 1. The fourth-order valence-electron chi connectivity index (χ4n) is 1.32. The van der Waals surface area contributed by atoms with E-state index in [4.69, 9.17) is 0 Å². The second-order valence-electron chi connectivity index (χ2n) is 3.81. The van der Waals surface area contributed by atoms with E-state index in [1.54, 1.807) is 13.8 Å². The van der Waals surface area contributed by atoms with E-state index in [1.165, 1.54) is 0 Å². The molecule has 74 valence electrons. The fraction of sp³-hybridized carbons (Fsp3) is 0.300. The molecule has 0 aliphatic rings. The Labute approximate surface area is 90.5 Å². The predicted molar refractivity (Wildman–Crippen MR) is 58.1 cm³/mol. The first-order chi connectivity index (χ1) is 6.47. The van der Waals surface area contributed by atoms with E-state index >= 15 is 0 Å². The van der Waals surface area contributed by atoms with E-state index < -0.39 is 5.60 Å². The minimum absolute atomic E-state index is 0.797. The van der Waals surface area contributed by atoms with Crippen LogP contribution in [-0.2, 0) is 5.60 Å². The Balaban J connectivity index is 2.62. The van der Waals surface area contributed by atoms with Gasteiger partial charge in [-0.3, -0.25) is 0 Å². The van der Waals surface area contributed by atoms with Crippen LogP contribution in [0.5, 0.6) is 0 Å². The molecular formula is C10H11BrN2O. The summed E-state index contributed by atoms with van der Waals surface area (Å²) in [5.74, 6) is 0. The first-order valence-electron chi connectivity index (χ1n) is 4.34. The first-order valence-corrected chi connectivity index (χ1v) is 5.13. The molecule has 2 rings (SSSR count). The van der Waals surface area contributed by atoms with Crippen LogP contribution in [0.1, 0.15) is 19.4 Å². The van der Waals surface area contributed by atoms with Gasteiger partial charge in [-0.25, -0.2) is 4.98 Å². The van der Waals surface area contributed by atoms with Gasteiger partial charge in [0, 0.05) is 12.4 Å². The molecule has 2 heterocycles. The van der Waals surface area contributed by atoms with Gasteiger partial charge < -0.3 is 9.51 Å². The second-order valence-corrected chi connectivity index (χ2v) is 4.62. The van der Waals surface area contributed by atoms with E-state index in [1.807, 2.05) is 28.9 Å². The van der Waals surface area contributed by atoms with E-state index in [9.17, 15) is 5.11 Å². The molecule has 0 spiro atoms. The Morgan fingerprint density at radius 1 is 1.36 bits per heavy atom. The lowest BCUT2D eigenvalue weighted by Crippen LogP contribution is -2.15. The van der Waals surface area contributed by atoms with Crippen LogP contribution in [0.15, 0.2) is 29.1 Å². The molecule has 0 atom stereocenters. The average molecular weight is 255 g/mol. The average Bonchev–Trinajstić information content (AvgIpc) is 2.41. The molecule has 0 aliphatic carbocycles. The van der Waals surface area contributed by atoms with E-state index in [0.29, 0.717) is 0 Å². The van der Waals surface area contributed by atoms with Crippen LogP contribution < -0.4 is 0 Å². The molecule has 14 heavy (non-hydrogen) atoms. The number of aliphatic hydroxyl groups is 1. The summed E-state index contributed by atoms with van der Waals surface area (Å²) in [5.41, 5.74) is 0.921. The van der Waals surface area contributed by atoms with Crippen molar-refractivity contribution >= 4 is 21.6 Å². The summed E-state index contributed by atoms with van der Waals surface area (Å²) in [5, 5.41) is 9.81. The molecule has 2 aromatic rings. The highest BCUT2D eigenvalue weighted by Crippen LogP contribution is 2.20. The van der Waals surface area contributed by atoms with Crippen LogP contribution in [0.4, 0.5) is 0 Å². The Morgan fingerprint density at radius 3 is 2.71 bits per heavy atom. The van der Waals surface area contributed by atoms with Gasteiger partial charge in [0.1, 0.15) is 10.3 Å². The number of nitrogens with zero attached hydrogens (tertiary/aromatic N) is 2. The molecule has 4 heteroatoms. The monoisotopic (exact) mass is 254 g/mol.